The average molecular weight is 316 g/mol. The number of hydrogen-bond acceptors (Lipinski definition) is 4. The summed E-state index contributed by atoms with van der Waals surface area (Å²) in [5.41, 5.74) is -0.470. The summed E-state index contributed by atoms with van der Waals surface area (Å²) in [4.78, 5) is 28.5. The average Bonchev–Trinajstić information content (AvgIpc) is 2.99. The van der Waals surface area contributed by atoms with E-state index in [1.165, 1.54) is 10.7 Å². The molecule has 0 aromatic carbocycles. The number of carbonyl (C=O) groups is 2. The Kier molecular flexibility index (Phi) is 4.02. The minimum absolute atomic E-state index is 0.295. The van der Waals surface area contributed by atoms with Crippen LogP contribution in [0.5, 0.6) is 0 Å². The maximum Gasteiger partial charge on any atom is 0.329 e. The van der Waals surface area contributed by atoms with Crippen molar-refractivity contribution in [3.8, 4) is 0 Å². The van der Waals surface area contributed by atoms with Gasteiger partial charge in [-0.3, -0.25) is 4.79 Å². The molecule has 1 saturated carbocycles. The van der Waals surface area contributed by atoms with E-state index in [4.69, 9.17) is 0 Å². The molecule has 7 nitrogen and oxygen atoms in total. The fourth-order valence-corrected chi connectivity index (χ4v) is 3.24. The van der Waals surface area contributed by atoms with Gasteiger partial charge in [0.05, 0.1) is 6.20 Å². The summed E-state index contributed by atoms with van der Waals surface area (Å²) in [6.45, 7) is 2.11. The van der Waals surface area contributed by atoms with Gasteiger partial charge < -0.3 is 10.4 Å². The van der Waals surface area contributed by atoms with Gasteiger partial charge in [-0.1, -0.05) is 13.3 Å². The van der Waals surface area contributed by atoms with Crippen LogP contribution in [0.25, 0.3) is 5.65 Å². The zero-order chi connectivity index (χ0) is 16.4. The molecule has 1 aliphatic carbocycles. The van der Waals surface area contributed by atoms with Crippen LogP contribution in [0, 0.1) is 5.92 Å². The number of carbonyl (C=O) groups excluding carboxylic acids is 1. The predicted molar refractivity (Wildman–Crippen MR) is 83.1 cm³/mol. The molecule has 0 radical (unpaired) electrons. The molecule has 0 saturated heterocycles. The van der Waals surface area contributed by atoms with Gasteiger partial charge in [0.15, 0.2) is 5.65 Å². The van der Waals surface area contributed by atoms with Gasteiger partial charge in [0, 0.05) is 12.4 Å². The molecule has 0 unspecified atom stereocenters. The summed E-state index contributed by atoms with van der Waals surface area (Å²) in [5.74, 6) is -0.862. The molecule has 0 bridgehead atoms. The molecule has 0 aliphatic heterocycles. The predicted octanol–water partition coefficient (Wildman–Crippen LogP) is 1.88. The van der Waals surface area contributed by atoms with Crippen LogP contribution in [0.1, 0.15) is 49.4 Å². The quantitative estimate of drug-likeness (QED) is 0.897. The minimum atomic E-state index is -1.19. The lowest BCUT2D eigenvalue weighted by atomic mass is 9.75. The third-order valence-corrected chi connectivity index (χ3v) is 4.82. The lowest BCUT2D eigenvalue weighted by Gasteiger charge is -2.37. The Balaban J connectivity index is 1.83. The normalized spacial score (nSPS) is 24.5. The highest BCUT2D eigenvalue weighted by Gasteiger charge is 2.43. The first-order valence-electron chi connectivity index (χ1n) is 7.90. The van der Waals surface area contributed by atoms with Crippen molar-refractivity contribution in [3.63, 3.8) is 0 Å². The Morgan fingerprint density at radius 3 is 2.83 bits per heavy atom. The van der Waals surface area contributed by atoms with Gasteiger partial charge in [0.2, 0.25) is 0 Å². The molecular weight excluding hydrogens is 296 g/mol. The van der Waals surface area contributed by atoms with E-state index in [1.807, 2.05) is 0 Å². The molecule has 2 heterocycles. The van der Waals surface area contributed by atoms with E-state index in [2.05, 4.69) is 22.3 Å². The third-order valence-electron chi connectivity index (χ3n) is 4.82. The van der Waals surface area contributed by atoms with Crippen LogP contribution >= 0.6 is 0 Å². The van der Waals surface area contributed by atoms with Crippen molar-refractivity contribution in [3.05, 3.63) is 30.2 Å². The van der Waals surface area contributed by atoms with Crippen LogP contribution in [0.2, 0.25) is 0 Å². The molecule has 1 aliphatic rings. The van der Waals surface area contributed by atoms with Crippen LogP contribution in [0.4, 0.5) is 0 Å². The SMILES string of the molecule is CCC1CCC(NC(=O)c2cnn3cccnc23)(C(=O)O)CC1. The lowest BCUT2D eigenvalue weighted by molar-refractivity contribution is -0.146. The zero-order valence-corrected chi connectivity index (χ0v) is 13.0. The second kappa shape index (κ2) is 5.98. The van der Waals surface area contributed by atoms with Gasteiger partial charge in [0.1, 0.15) is 11.1 Å². The van der Waals surface area contributed by atoms with Crippen molar-refractivity contribution < 1.29 is 14.7 Å². The number of aliphatic carboxylic acids is 1. The maximum atomic E-state index is 12.6. The first kappa shape index (κ1) is 15.5. The first-order chi connectivity index (χ1) is 11.1. The number of nitrogens with one attached hydrogen (secondary N) is 1. The fraction of sp³-hybridized carbons (Fsp3) is 0.500. The van der Waals surface area contributed by atoms with E-state index in [1.54, 1.807) is 18.5 Å². The van der Waals surface area contributed by atoms with E-state index in [9.17, 15) is 14.7 Å². The van der Waals surface area contributed by atoms with E-state index >= 15 is 0 Å². The van der Waals surface area contributed by atoms with Crippen molar-refractivity contribution >= 4 is 17.5 Å². The summed E-state index contributed by atoms with van der Waals surface area (Å²) in [7, 11) is 0. The second-order valence-corrected chi connectivity index (χ2v) is 6.14. The molecule has 23 heavy (non-hydrogen) atoms. The molecule has 1 amide bonds. The molecule has 7 heteroatoms. The van der Waals surface area contributed by atoms with Gasteiger partial charge in [-0.15, -0.1) is 0 Å². The minimum Gasteiger partial charge on any atom is -0.480 e. The standard InChI is InChI=1S/C16H20N4O3/c1-2-11-4-6-16(7-5-11,15(22)23)19-14(21)12-10-18-20-9-3-8-17-13(12)20/h3,8-11H,2,4-7H2,1H3,(H,19,21)(H,22,23). The van der Waals surface area contributed by atoms with Gasteiger partial charge in [-0.25, -0.2) is 14.3 Å². The molecule has 0 spiro atoms. The molecule has 122 valence electrons. The maximum absolute atomic E-state index is 12.6. The number of amides is 1. The number of carboxylic acids is 1. The van der Waals surface area contributed by atoms with Crippen LogP contribution < -0.4 is 5.32 Å². The number of fused-ring (bicyclic) bond motifs is 1. The van der Waals surface area contributed by atoms with Crippen LogP contribution in [-0.2, 0) is 4.79 Å². The number of nitrogens with zero attached hydrogens (tertiary/aromatic N) is 3. The molecule has 2 N–H and O–H groups in total. The van der Waals surface area contributed by atoms with Crippen molar-refractivity contribution in [1.29, 1.82) is 0 Å². The number of aromatic nitrogens is 3. The zero-order valence-electron chi connectivity index (χ0n) is 13.0. The molecular formula is C16H20N4O3. The Morgan fingerprint density at radius 2 is 2.17 bits per heavy atom. The first-order valence-corrected chi connectivity index (χ1v) is 7.90. The summed E-state index contributed by atoms with van der Waals surface area (Å²) in [6.07, 6.45) is 8.28. The van der Waals surface area contributed by atoms with Gasteiger partial charge in [-0.05, 0) is 37.7 Å². The second-order valence-electron chi connectivity index (χ2n) is 6.14. The van der Waals surface area contributed by atoms with Crippen molar-refractivity contribution in [2.24, 2.45) is 5.92 Å². The highest BCUT2D eigenvalue weighted by molar-refractivity contribution is 6.02. The largest absolute Gasteiger partial charge is 0.480 e. The molecule has 3 rings (SSSR count). The molecule has 1 fully saturated rings. The number of rotatable bonds is 4. The Labute approximate surface area is 133 Å². The molecule has 2 aromatic heterocycles. The lowest BCUT2D eigenvalue weighted by Crippen LogP contribution is -2.56. The smallest absolute Gasteiger partial charge is 0.329 e. The van der Waals surface area contributed by atoms with E-state index in [-0.39, 0.29) is 0 Å². The number of hydrogen-bond donors (Lipinski definition) is 2. The summed E-state index contributed by atoms with van der Waals surface area (Å²) in [6, 6.07) is 1.71. The highest BCUT2D eigenvalue weighted by atomic mass is 16.4. The Morgan fingerprint density at radius 1 is 1.43 bits per heavy atom. The van der Waals surface area contributed by atoms with E-state index < -0.39 is 17.4 Å². The third kappa shape index (κ3) is 2.78. The summed E-state index contributed by atoms with van der Waals surface area (Å²) >= 11 is 0. The van der Waals surface area contributed by atoms with Gasteiger partial charge in [-0.2, -0.15) is 5.10 Å². The summed E-state index contributed by atoms with van der Waals surface area (Å²) in [5, 5.41) is 16.5. The van der Waals surface area contributed by atoms with Gasteiger partial charge in [0.25, 0.3) is 5.91 Å². The van der Waals surface area contributed by atoms with Crippen LogP contribution in [-0.4, -0.2) is 37.1 Å². The Hall–Kier alpha value is -2.44. The van der Waals surface area contributed by atoms with E-state index in [0.29, 0.717) is 30.0 Å². The topological polar surface area (TPSA) is 96.6 Å². The number of carboxylic acid groups (broad SMARTS) is 1. The Bertz CT molecular complexity index is 732. The monoisotopic (exact) mass is 316 g/mol. The highest BCUT2D eigenvalue weighted by Crippen LogP contribution is 2.34. The van der Waals surface area contributed by atoms with Crippen molar-refractivity contribution in [2.75, 3.05) is 0 Å². The van der Waals surface area contributed by atoms with E-state index in [0.717, 1.165) is 19.3 Å². The van der Waals surface area contributed by atoms with Crippen LogP contribution in [0.3, 0.4) is 0 Å². The molecule has 0 atom stereocenters. The van der Waals surface area contributed by atoms with Crippen LogP contribution in [0.15, 0.2) is 24.7 Å². The summed E-state index contributed by atoms with van der Waals surface area (Å²) < 4.78 is 1.50. The van der Waals surface area contributed by atoms with Crippen molar-refractivity contribution in [2.45, 2.75) is 44.6 Å². The van der Waals surface area contributed by atoms with Crippen molar-refractivity contribution in [1.82, 2.24) is 19.9 Å². The van der Waals surface area contributed by atoms with Gasteiger partial charge >= 0.3 is 5.97 Å². The molecule has 2 aromatic rings. The fourth-order valence-electron chi connectivity index (χ4n) is 3.24.